The molecule has 0 radical (unpaired) electrons. The summed E-state index contributed by atoms with van der Waals surface area (Å²) in [6, 6.07) is 0.665. The van der Waals surface area contributed by atoms with E-state index in [9.17, 15) is 4.79 Å². The maximum Gasteiger partial charge on any atom is 0.410 e. The highest BCUT2D eigenvalue weighted by atomic mass is 16.6. The Morgan fingerprint density at radius 3 is 2.86 bits per heavy atom. The first-order chi connectivity index (χ1) is 10.4. The molecule has 2 heterocycles. The third kappa shape index (κ3) is 6.13. The fraction of sp³-hybridized carbons (Fsp3) is 0.941. The summed E-state index contributed by atoms with van der Waals surface area (Å²) >= 11 is 0. The summed E-state index contributed by atoms with van der Waals surface area (Å²) in [7, 11) is 0. The van der Waals surface area contributed by atoms with E-state index in [-0.39, 0.29) is 6.09 Å². The molecule has 2 saturated heterocycles. The van der Waals surface area contributed by atoms with Crippen LogP contribution in [-0.2, 0) is 4.74 Å². The lowest BCUT2D eigenvalue weighted by Crippen LogP contribution is -2.35. The van der Waals surface area contributed by atoms with E-state index in [0.717, 1.165) is 45.6 Å². The molecule has 0 aromatic heterocycles. The topological polar surface area (TPSA) is 53.6 Å². The van der Waals surface area contributed by atoms with Crippen LogP contribution < -0.4 is 10.6 Å². The zero-order valence-electron chi connectivity index (χ0n) is 14.5. The van der Waals surface area contributed by atoms with Crippen LogP contribution in [0.15, 0.2) is 0 Å². The first-order valence-electron chi connectivity index (χ1n) is 8.86. The van der Waals surface area contributed by atoms with Gasteiger partial charge in [-0.15, -0.1) is 0 Å². The van der Waals surface area contributed by atoms with Gasteiger partial charge in [-0.25, -0.2) is 4.79 Å². The van der Waals surface area contributed by atoms with Crippen molar-refractivity contribution >= 4 is 6.09 Å². The highest BCUT2D eigenvalue weighted by Crippen LogP contribution is 2.21. The van der Waals surface area contributed by atoms with E-state index in [2.05, 4.69) is 10.6 Å². The van der Waals surface area contributed by atoms with E-state index in [1.54, 1.807) is 0 Å². The number of hydrogen-bond acceptors (Lipinski definition) is 4. The van der Waals surface area contributed by atoms with E-state index in [0.29, 0.717) is 12.0 Å². The summed E-state index contributed by atoms with van der Waals surface area (Å²) in [6.07, 6.45) is 5.89. The molecule has 0 aliphatic carbocycles. The summed E-state index contributed by atoms with van der Waals surface area (Å²) in [6.45, 7) is 10.8. The Hall–Kier alpha value is -0.810. The number of likely N-dealkylation sites (tertiary alicyclic amines) is 1. The second kappa shape index (κ2) is 8.16. The zero-order valence-corrected chi connectivity index (χ0v) is 14.5. The Kier molecular flexibility index (Phi) is 6.50. The molecule has 2 aliphatic heterocycles. The predicted molar refractivity (Wildman–Crippen MR) is 89.0 cm³/mol. The average molecular weight is 311 g/mol. The minimum Gasteiger partial charge on any atom is -0.444 e. The summed E-state index contributed by atoms with van der Waals surface area (Å²) in [5, 5.41) is 7.14. The predicted octanol–water partition coefficient (Wildman–Crippen LogP) is 2.37. The lowest BCUT2D eigenvalue weighted by atomic mass is 10.0. The van der Waals surface area contributed by atoms with E-state index in [4.69, 9.17) is 4.74 Å². The van der Waals surface area contributed by atoms with Crippen molar-refractivity contribution in [2.24, 2.45) is 5.92 Å². The Labute approximate surface area is 135 Å². The van der Waals surface area contributed by atoms with Gasteiger partial charge in [0, 0.05) is 19.1 Å². The molecule has 5 heteroatoms. The van der Waals surface area contributed by atoms with Gasteiger partial charge in [-0.3, -0.25) is 0 Å². The first-order valence-corrected chi connectivity index (χ1v) is 8.86. The zero-order chi connectivity index (χ0) is 16.0. The van der Waals surface area contributed by atoms with Crippen LogP contribution in [0.3, 0.4) is 0 Å². The number of hydrogen-bond donors (Lipinski definition) is 2. The van der Waals surface area contributed by atoms with Crippen molar-refractivity contribution in [3.8, 4) is 0 Å². The maximum absolute atomic E-state index is 12.0. The van der Waals surface area contributed by atoms with E-state index in [1.165, 1.54) is 19.3 Å². The molecule has 5 nitrogen and oxygen atoms in total. The Balaban J connectivity index is 1.62. The number of rotatable bonds is 4. The van der Waals surface area contributed by atoms with Crippen molar-refractivity contribution in [1.82, 2.24) is 15.5 Å². The molecule has 0 saturated carbocycles. The molecule has 128 valence electrons. The lowest BCUT2D eigenvalue weighted by molar-refractivity contribution is 0.0287. The molecule has 2 fully saturated rings. The Morgan fingerprint density at radius 2 is 2.09 bits per heavy atom. The smallest absolute Gasteiger partial charge is 0.410 e. The van der Waals surface area contributed by atoms with Crippen molar-refractivity contribution in [1.29, 1.82) is 0 Å². The van der Waals surface area contributed by atoms with Crippen molar-refractivity contribution in [3.63, 3.8) is 0 Å². The quantitative estimate of drug-likeness (QED) is 0.837. The second-order valence-corrected chi connectivity index (χ2v) is 7.70. The van der Waals surface area contributed by atoms with Gasteiger partial charge < -0.3 is 20.3 Å². The summed E-state index contributed by atoms with van der Waals surface area (Å²) in [4.78, 5) is 13.9. The van der Waals surface area contributed by atoms with Gasteiger partial charge in [0.15, 0.2) is 0 Å². The van der Waals surface area contributed by atoms with Gasteiger partial charge >= 0.3 is 6.09 Å². The third-order valence-electron chi connectivity index (χ3n) is 4.50. The van der Waals surface area contributed by atoms with Crippen LogP contribution in [-0.4, -0.2) is 55.4 Å². The molecule has 0 aromatic rings. The molecule has 0 aromatic carbocycles. The normalized spacial score (nSPS) is 26.8. The molecular formula is C17H33N3O2. The SMILES string of the molecule is CC(C)(C)OC(=O)N1CCC(CCNC2CCCNCC2)C1. The van der Waals surface area contributed by atoms with Crippen LogP contribution in [0.25, 0.3) is 0 Å². The number of amides is 1. The van der Waals surface area contributed by atoms with Crippen LogP contribution in [0.2, 0.25) is 0 Å². The summed E-state index contributed by atoms with van der Waals surface area (Å²) in [5.74, 6) is 0.615. The average Bonchev–Trinajstić information content (AvgIpc) is 2.74. The number of carbonyl (C=O) groups excluding carboxylic acids is 1. The molecule has 2 aliphatic rings. The van der Waals surface area contributed by atoms with E-state index < -0.39 is 5.60 Å². The van der Waals surface area contributed by atoms with Gasteiger partial charge in [-0.05, 0) is 78.4 Å². The molecule has 2 rings (SSSR count). The van der Waals surface area contributed by atoms with Gasteiger partial charge in [0.25, 0.3) is 0 Å². The van der Waals surface area contributed by atoms with Crippen LogP contribution in [0, 0.1) is 5.92 Å². The summed E-state index contributed by atoms with van der Waals surface area (Å²) < 4.78 is 5.45. The highest BCUT2D eigenvalue weighted by Gasteiger charge is 2.29. The van der Waals surface area contributed by atoms with Crippen molar-refractivity contribution in [2.75, 3.05) is 32.7 Å². The third-order valence-corrected chi connectivity index (χ3v) is 4.50. The molecule has 0 bridgehead atoms. The molecule has 2 unspecified atom stereocenters. The number of carbonyl (C=O) groups is 1. The van der Waals surface area contributed by atoms with E-state index in [1.807, 2.05) is 25.7 Å². The maximum atomic E-state index is 12.0. The molecular weight excluding hydrogens is 278 g/mol. The van der Waals surface area contributed by atoms with Gasteiger partial charge in [0.1, 0.15) is 5.60 Å². The molecule has 2 atom stereocenters. The van der Waals surface area contributed by atoms with Crippen LogP contribution >= 0.6 is 0 Å². The van der Waals surface area contributed by atoms with Crippen LogP contribution in [0.4, 0.5) is 4.79 Å². The van der Waals surface area contributed by atoms with Crippen molar-refractivity contribution in [3.05, 3.63) is 0 Å². The molecule has 2 N–H and O–H groups in total. The van der Waals surface area contributed by atoms with Crippen molar-refractivity contribution < 1.29 is 9.53 Å². The minimum absolute atomic E-state index is 0.155. The second-order valence-electron chi connectivity index (χ2n) is 7.70. The number of ether oxygens (including phenoxy) is 1. The fourth-order valence-electron chi connectivity index (χ4n) is 3.28. The minimum atomic E-state index is -0.399. The first kappa shape index (κ1) is 17.5. The van der Waals surface area contributed by atoms with Crippen LogP contribution in [0.5, 0.6) is 0 Å². The monoisotopic (exact) mass is 311 g/mol. The summed E-state index contributed by atoms with van der Waals surface area (Å²) in [5.41, 5.74) is -0.399. The Bertz CT molecular complexity index is 346. The molecule has 1 amide bonds. The van der Waals surface area contributed by atoms with Crippen LogP contribution in [0.1, 0.15) is 52.9 Å². The van der Waals surface area contributed by atoms with Gasteiger partial charge in [-0.2, -0.15) is 0 Å². The van der Waals surface area contributed by atoms with E-state index >= 15 is 0 Å². The number of nitrogens with one attached hydrogen (secondary N) is 2. The molecule has 22 heavy (non-hydrogen) atoms. The van der Waals surface area contributed by atoms with Gasteiger partial charge in [0.05, 0.1) is 0 Å². The standard InChI is InChI=1S/C17H33N3O2/c1-17(2,3)22-16(21)20-12-8-14(13-20)6-11-19-15-5-4-9-18-10-7-15/h14-15,18-19H,4-13H2,1-3H3. The molecule has 0 spiro atoms. The largest absolute Gasteiger partial charge is 0.444 e. The number of nitrogens with zero attached hydrogens (tertiary/aromatic N) is 1. The van der Waals surface area contributed by atoms with Gasteiger partial charge in [-0.1, -0.05) is 0 Å². The van der Waals surface area contributed by atoms with Crippen molar-refractivity contribution in [2.45, 2.75) is 64.5 Å². The highest BCUT2D eigenvalue weighted by molar-refractivity contribution is 5.68. The fourth-order valence-corrected chi connectivity index (χ4v) is 3.28. The van der Waals surface area contributed by atoms with Gasteiger partial charge in [0.2, 0.25) is 0 Å². The Morgan fingerprint density at radius 1 is 1.27 bits per heavy atom. The lowest BCUT2D eigenvalue weighted by Gasteiger charge is -2.24.